The van der Waals surface area contributed by atoms with Crippen molar-refractivity contribution in [2.45, 2.75) is 39.8 Å². The summed E-state index contributed by atoms with van der Waals surface area (Å²) in [7, 11) is 0. The molecule has 0 aromatic heterocycles. The Bertz CT molecular complexity index is 803. The summed E-state index contributed by atoms with van der Waals surface area (Å²) >= 11 is 6.19. The topological polar surface area (TPSA) is 70.2 Å². The first-order chi connectivity index (χ1) is 12.8. The van der Waals surface area contributed by atoms with E-state index in [0.717, 1.165) is 22.4 Å². The van der Waals surface area contributed by atoms with Gasteiger partial charge in [-0.05, 0) is 50.5 Å². The summed E-state index contributed by atoms with van der Waals surface area (Å²) in [4.78, 5) is 24.5. The highest BCUT2D eigenvalue weighted by atomic mass is 35.5. The fourth-order valence-corrected chi connectivity index (χ4v) is 3.18. The molecule has 0 saturated carbocycles. The van der Waals surface area contributed by atoms with Crippen molar-refractivity contribution in [2.75, 3.05) is 11.9 Å². The Kier molecular flexibility index (Phi) is 7.39. The van der Waals surface area contributed by atoms with E-state index in [1.54, 1.807) is 6.92 Å². The molecule has 2 aromatic carbocycles. The SMILES string of the molecule is Cc1cccc(C)c1NC(=O)CNC(=O)[C@H](C)N[C@@H](C)c1ccccc1Cl. The molecule has 5 nitrogen and oxygen atoms in total. The lowest BCUT2D eigenvalue weighted by molar-refractivity contribution is -0.125. The van der Waals surface area contributed by atoms with Gasteiger partial charge in [0, 0.05) is 16.8 Å². The van der Waals surface area contributed by atoms with Crippen molar-refractivity contribution in [3.63, 3.8) is 0 Å². The molecule has 0 aliphatic carbocycles. The quantitative estimate of drug-likeness (QED) is 0.677. The minimum atomic E-state index is -0.468. The van der Waals surface area contributed by atoms with Crippen LogP contribution in [0, 0.1) is 13.8 Å². The number of halogens is 1. The highest BCUT2D eigenvalue weighted by Crippen LogP contribution is 2.22. The number of nitrogens with one attached hydrogen (secondary N) is 3. The smallest absolute Gasteiger partial charge is 0.243 e. The second-order valence-corrected chi connectivity index (χ2v) is 7.07. The average molecular weight is 388 g/mol. The molecule has 6 heteroatoms. The Morgan fingerprint density at radius 1 is 1.00 bits per heavy atom. The third-order valence-electron chi connectivity index (χ3n) is 4.43. The number of carbonyl (C=O) groups is 2. The zero-order valence-corrected chi connectivity index (χ0v) is 16.9. The van der Waals surface area contributed by atoms with Crippen molar-refractivity contribution >= 4 is 29.1 Å². The van der Waals surface area contributed by atoms with E-state index in [1.165, 1.54) is 0 Å². The summed E-state index contributed by atoms with van der Waals surface area (Å²) in [6.45, 7) is 7.48. The van der Waals surface area contributed by atoms with Crippen molar-refractivity contribution in [2.24, 2.45) is 0 Å². The second-order valence-electron chi connectivity index (χ2n) is 6.66. The van der Waals surface area contributed by atoms with Crippen LogP contribution in [0.3, 0.4) is 0 Å². The zero-order chi connectivity index (χ0) is 20.0. The van der Waals surface area contributed by atoms with E-state index >= 15 is 0 Å². The zero-order valence-electron chi connectivity index (χ0n) is 16.1. The first kappa shape index (κ1) is 20.9. The van der Waals surface area contributed by atoms with Gasteiger partial charge in [-0.3, -0.25) is 14.9 Å². The highest BCUT2D eigenvalue weighted by Gasteiger charge is 2.18. The molecule has 2 aromatic rings. The number of para-hydroxylation sites is 1. The minimum Gasteiger partial charge on any atom is -0.346 e. The van der Waals surface area contributed by atoms with Crippen molar-refractivity contribution < 1.29 is 9.59 Å². The molecule has 0 radical (unpaired) electrons. The van der Waals surface area contributed by atoms with Crippen molar-refractivity contribution in [1.82, 2.24) is 10.6 Å². The van der Waals surface area contributed by atoms with Crippen molar-refractivity contribution in [1.29, 1.82) is 0 Å². The molecule has 3 N–H and O–H groups in total. The van der Waals surface area contributed by atoms with Crippen LogP contribution in [0.5, 0.6) is 0 Å². The van der Waals surface area contributed by atoms with Crippen LogP contribution in [0.2, 0.25) is 5.02 Å². The number of hydrogen-bond acceptors (Lipinski definition) is 3. The van der Waals surface area contributed by atoms with Crippen LogP contribution in [-0.2, 0) is 9.59 Å². The molecule has 0 heterocycles. The van der Waals surface area contributed by atoms with Crippen molar-refractivity contribution in [3.8, 4) is 0 Å². The van der Waals surface area contributed by atoms with Gasteiger partial charge in [-0.1, -0.05) is 48.0 Å². The maximum absolute atomic E-state index is 12.3. The van der Waals surface area contributed by atoms with Gasteiger partial charge in [-0.2, -0.15) is 0 Å². The molecule has 0 spiro atoms. The maximum atomic E-state index is 12.3. The van der Waals surface area contributed by atoms with Gasteiger partial charge in [0.25, 0.3) is 0 Å². The summed E-state index contributed by atoms with van der Waals surface area (Å²) in [6, 6.07) is 12.8. The van der Waals surface area contributed by atoms with E-state index in [9.17, 15) is 9.59 Å². The number of benzene rings is 2. The first-order valence-corrected chi connectivity index (χ1v) is 9.31. The fraction of sp³-hybridized carbons (Fsp3) is 0.333. The largest absolute Gasteiger partial charge is 0.346 e. The third kappa shape index (κ3) is 5.81. The van der Waals surface area contributed by atoms with Crippen molar-refractivity contribution in [3.05, 3.63) is 64.2 Å². The van der Waals surface area contributed by atoms with Crippen LogP contribution in [0.4, 0.5) is 5.69 Å². The number of carbonyl (C=O) groups excluding carboxylic acids is 2. The second kappa shape index (κ2) is 9.53. The van der Waals surface area contributed by atoms with E-state index in [-0.39, 0.29) is 24.4 Å². The fourth-order valence-electron chi connectivity index (χ4n) is 2.88. The van der Waals surface area contributed by atoms with E-state index in [0.29, 0.717) is 5.02 Å². The van der Waals surface area contributed by atoms with Crippen LogP contribution >= 0.6 is 11.6 Å². The Labute approximate surface area is 165 Å². The molecular formula is C21H26ClN3O2. The molecule has 0 saturated heterocycles. The van der Waals surface area contributed by atoms with Gasteiger partial charge in [0.2, 0.25) is 11.8 Å². The van der Waals surface area contributed by atoms with E-state index in [1.807, 2.05) is 63.2 Å². The van der Waals surface area contributed by atoms with Crippen LogP contribution in [0.1, 0.15) is 36.6 Å². The molecule has 2 rings (SSSR count). The lowest BCUT2D eigenvalue weighted by Crippen LogP contribution is -2.45. The van der Waals surface area contributed by atoms with E-state index < -0.39 is 6.04 Å². The molecule has 27 heavy (non-hydrogen) atoms. The van der Waals surface area contributed by atoms with Crippen LogP contribution in [0.15, 0.2) is 42.5 Å². The lowest BCUT2D eigenvalue weighted by Gasteiger charge is -2.21. The van der Waals surface area contributed by atoms with Gasteiger partial charge < -0.3 is 10.6 Å². The minimum absolute atomic E-state index is 0.0842. The molecule has 0 unspecified atom stereocenters. The molecular weight excluding hydrogens is 362 g/mol. The van der Waals surface area contributed by atoms with Gasteiger partial charge in [0.1, 0.15) is 0 Å². The molecule has 0 fully saturated rings. The van der Waals surface area contributed by atoms with E-state index in [2.05, 4.69) is 16.0 Å². The third-order valence-corrected chi connectivity index (χ3v) is 4.78. The average Bonchev–Trinajstić information content (AvgIpc) is 2.63. The summed E-state index contributed by atoms with van der Waals surface area (Å²) < 4.78 is 0. The van der Waals surface area contributed by atoms with Crippen LogP contribution in [-0.4, -0.2) is 24.4 Å². The number of aryl methyl sites for hydroxylation is 2. The van der Waals surface area contributed by atoms with Crippen LogP contribution < -0.4 is 16.0 Å². The Hall–Kier alpha value is -2.37. The van der Waals surface area contributed by atoms with Crippen LogP contribution in [0.25, 0.3) is 0 Å². The summed E-state index contributed by atoms with van der Waals surface area (Å²) in [6.07, 6.45) is 0. The summed E-state index contributed by atoms with van der Waals surface area (Å²) in [5.41, 5.74) is 3.68. The number of rotatable bonds is 7. The van der Waals surface area contributed by atoms with E-state index in [4.69, 9.17) is 11.6 Å². The Morgan fingerprint density at radius 3 is 2.26 bits per heavy atom. The summed E-state index contributed by atoms with van der Waals surface area (Å²) in [5, 5.41) is 9.37. The number of anilines is 1. The lowest BCUT2D eigenvalue weighted by atomic mass is 10.1. The van der Waals surface area contributed by atoms with Gasteiger partial charge >= 0.3 is 0 Å². The first-order valence-electron chi connectivity index (χ1n) is 8.94. The normalized spacial score (nSPS) is 12.9. The predicted octanol–water partition coefficient (Wildman–Crippen LogP) is 3.75. The molecule has 144 valence electrons. The highest BCUT2D eigenvalue weighted by molar-refractivity contribution is 6.31. The monoisotopic (exact) mass is 387 g/mol. The molecule has 2 atom stereocenters. The standard InChI is InChI=1S/C21H26ClN3O2/c1-13-8-7-9-14(2)20(13)25-19(26)12-23-21(27)16(4)24-15(3)17-10-5-6-11-18(17)22/h5-11,15-16,24H,12H2,1-4H3,(H,23,27)(H,25,26)/t15-,16-/m0/s1. The predicted molar refractivity (Wildman–Crippen MR) is 110 cm³/mol. The number of amides is 2. The Morgan fingerprint density at radius 2 is 1.63 bits per heavy atom. The summed E-state index contributed by atoms with van der Waals surface area (Å²) in [5.74, 6) is -0.502. The van der Waals surface area contributed by atoms with Gasteiger partial charge in [0.05, 0.1) is 12.6 Å². The molecule has 2 amide bonds. The maximum Gasteiger partial charge on any atom is 0.243 e. The van der Waals surface area contributed by atoms with Gasteiger partial charge in [0.15, 0.2) is 0 Å². The molecule has 0 bridgehead atoms. The Balaban J connectivity index is 1.86. The molecule has 0 aliphatic heterocycles. The molecule has 0 aliphatic rings. The van der Waals surface area contributed by atoms with Gasteiger partial charge in [-0.25, -0.2) is 0 Å². The number of hydrogen-bond donors (Lipinski definition) is 3. The van der Waals surface area contributed by atoms with Gasteiger partial charge in [-0.15, -0.1) is 0 Å².